The lowest BCUT2D eigenvalue weighted by Crippen LogP contribution is -2.52. The predicted molar refractivity (Wildman–Crippen MR) is 88.9 cm³/mol. The first-order valence-electron chi connectivity index (χ1n) is 8.45. The number of para-hydroxylation sites is 1. The molecule has 1 saturated heterocycles. The van der Waals surface area contributed by atoms with Crippen LogP contribution >= 0.6 is 0 Å². The van der Waals surface area contributed by atoms with Crippen LogP contribution in [0.2, 0.25) is 0 Å². The molecule has 0 aromatic heterocycles. The lowest BCUT2D eigenvalue weighted by Gasteiger charge is -2.37. The highest BCUT2D eigenvalue weighted by Crippen LogP contribution is 2.32. The lowest BCUT2D eigenvalue weighted by atomic mass is 9.87. The maximum absolute atomic E-state index is 12.8. The van der Waals surface area contributed by atoms with E-state index in [1.165, 1.54) is 0 Å². The van der Waals surface area contributed by atoms with Gasteiger partial charge < -0.3 is 15.0 Å². The van der Waals surface area contributed by atoms with Crippen molar-refractivity contribution >= 4 is 17.6 Å². The van der Waals surface area contributed by atoms with Gasteiger partial charge in [-0.2, -0.15) is 0 Å². The van der Waals surface area contributed by atoms with E-state index in [4.69, 9.17) is 4.74 Å². The van der Waals surface area contributed by atoms with Crippen molar-refractivity contribution in [3.63, 3.8) is 0 Å². The number of hydrogen-bond acceptors (Lipinski definition) is 4. The fraction of sp³-hybridized carbons (Fsp3) is 0.500. The van der Waals surface area contributed by atoms with E-state index in [1.54, 1.807) is 6.92 Å². The van der Waals surface area contributed by atoms with E-state index in [0.717, 1.165) is 11.3 Å². The smallest absolute Gasteiger partial charge is 0.253 e. The number of amidine groups is 1. The molecule has 1 aromatic carbocycles. The van der Waals surface area contributed by atoms with E-state index < -0.39 is 5.54 Å². The molecule has 4 rings (SSSR count). The molecule has 0 radical (unpaired) electrons. The highest BCUT2D eigenvalue weighted by Gasteiger charge is 2.46. The lowest BCUT2D eigenvalue weighted by molar-refractivity contribution is -0.140. The number of ether oxygens (including phenoxy) is 1. The van der Waals surface area contributed by atoms with Crippen molar-refractivity contribution < 1.29 is 14.3 Å². The first-order chi connectivity index (χ1) is 11.6. The van der Waals surface area contributed by atoms with E-state index in [-0.39, 0.29) is 17.7 Å². The van der Waals surface area contributed by atoms with Gasteiger partial charge in [0.15, 0.2) is 0 Å². The second-order valence-electron chi connectivity index (χ2n) is 6.83. The van der Waals surface area contributed by atoms with E-state index in [9.17, 15) is 9.59 Å². The maximum atomic E-state index is 12.8. The first-order valence-corrected chi connectivity index (χ1v) is 8.45. The average molecular weight is 327 g/mol. The molecule has 6 nitrogen and oxygen atoms in total. The van der Waals surface area contributed by atoms with Crippen LogP contribution in [-0.4, -0.2) is 47.8 Å². The van der Waals surface area contributed by atoms with Gasteiger partial charge in [0.2, 0.25) is 5.91 Å². The van der Waals surface area contributed by atoms with Crippen LogP contribution < -0.4 is 10.1 Å². The van der Waals surface area contributed by atoms with Crippen LogP contribution in [0.5, 0.6) is 5.75 Å². The van der Waals surface area contributed by atoms with Crippen LogP contribution in [0.4, 0.5) is 0 Å². The molecule has 1 spiro atoms. The predicted octanol–water partition coefficient (Wildman–Crippen LogP) is 1.15. The Morgan fingerprint density at radius 3 is 2.79 bits per heavy atom. The molecule has 3 aliphatic heterocycles. The SMILES string of the molecule is CC1=NC2(CCN(C(=O)C3COc4ccccc4C3)CC2)C(=O)N1. The summed E-state index contributed by atoms with van der Waals surface area (Å²) in [6, 6.07) is 7.87. The molecule has 3 aliphatic rings. The quantitative estimate of drug-likeness (QED) is 0.841. The van der Waals surface area contributed by atoms with Gasteiger partial charge in [0.25, 0.3) is 5.91 Å². The molecule has 1 unspecified atom stereocenters. The third-order valence-corrected chi connectivity index (χ3v) is 5.23. The monoisotopic (exact) mass is 327 g/mol. The molecule has 0 saturated carbocycles. The largest absolute Gasteiger partial charge is 0.492 e. The maximum Gasteiger partial charge on any atom is 0.253 e. The number of piperidine rings is 1. The zero-order valence-corrected chi connectivity index (χ0v) is 13.7. The first kappa shape index (κ1) is 15.2. The molecule has 1 aromatic rings. The van der Waals surface area contributed by atoms with Crippen LogP contribution in [-0.2, 0) is 16.0 Å². The van der Waals surface area contributed by atoms with Crippen LogP contribution in [0.3, 0.4) is 0 Å². The molecule has 2 amide bonds. The fourth-order valence-corrected chi connectivity index (χ4v) is 3.86. The van der Waals surface area contributed by atoms with Gasteiger partial charge >= 0.3 is 0 Å². The molecule has 0 aliphatic carbocycles. The van der Waals surface area contributed by atoms with Crippen LogP contribution in [0, 0.1) is 5.92 Å². The number of carbonyl (C=O) groups is 2. The zero-order chi connectivity index (χ0) is 16.7. The van der Waals surface area contributed by atoms with Gasteiger partial charge in [-0.1, -0.05) is 18.2 Å². The summed E-state index contributed by atoms with van der Waals surface area (Å²) >= 11 is 0. The van der Waals surface area contributed by atoms with Crippen molar-refractivity contribution in [2.45, 2.75) is 31.7 Å². The van der Waals surface area contributed by atoms with Gasteiger partial charge in [0.05, 0.1) is 5.92 Å². The van der Waals surface area contributed by atoms with E-state index in [2.05, 4.69) is 10.3 Å². The summed E-state index contributed by atoms with van der Waals surface area (Å²) in [5, 5.41) is 2.78. The number of nitrogens with zero attached hydrogens (tertiary/aromatic N) is 2. The minimum absolute atomic E-state index is 0.0259. The Morgan fingerprint density at radius 2 is 2.08 bits per heavy atom. The zero-order valence-electron chi connectivity index (χ0n) is 13.7. The normalized spacial score (nSPS) is 24.9. The average Bonchev–Trinajstić information content (AvgIpc) is 2.87. The summed E-state index contributed by atoms with van der Waals surface area (Å²) in [5.41, 5.74) is 0.433. The van der Waals surface area contributed by atoms with Crippen LogP contribution in [0.1, 0.15) is 25.3 Å². The second-order valence-corrected chi connectivity index (χ2v) is 6.83. The number of nitrogens with one attached hydrogen (secondary N) is 1. The number of amides is 2. The van der Waals surface area contributed by atoms with Crippen molar-refractivity contribution in [2.24, 2.45) is 10.9 Å². The number of benzene rings is 1. The highest BCUT2D eigenvalue weighted by molar-refractivity contribution is 6.07. The number of aliphatic imine (C=N–C) groups is 1. The van der Waals surface area contributed by atoms with Crippen molar-refractivity contribution in [2.75, 3.05) is 19.7 Å². The Balaban J connectivity index is 1.42. The van der Waals surface area contributed by atoms with Gasteiger partial charge in [0.1, 0.15) is 23.7 Å². The second kappa shape index (κ2) is 5.61. The van der Waals surface area contributed by atoms with E-state index in [0.29, 0.717) is 44.8 Å². The van der Waals surface area contributed by atoms with E-state index in [1.807, 2.05) is 29.2 Å². The standard InChI is InChI=1S/C18H21N3O3/c1-12-19-17(23)18(20-12)6-8-21(9-7-18)16(22)14-10-13-4-2-3-5-15(13)24-11-14/h2-5,14H,6-11H2,1H3,(H,19,20,23). The van der Waals surface area contributed by atoms with Crippen LogP contribution in [0.25, 0.3) is 0 Å². The molecule has 6 heteroatoms. The molecule has 1 N–H and O–H groups in total. The molecular weight excluding hydrogens is 306 g/mol. The minimum atomic E-state index is -0.656. The molecular formula is C18H21N3O3. The Hall–Kier alpha value is -2.37. The van der Waals surface area contributed by atoms with Gasteiger partial charge in [-0.05, 0) is 37.8 Å². The van der Waals surface area contributed by atoms with Crippen molar-refractivity contribution in [3.8, 4) is 5.75 Å². The number of likely N-dealkylation sites (tertiary alicyclic amines) is 1. The molecule has 1 atom stereocenters. The Bertz CT molecular complexity index is 720. The van der Waals surface area contributed by atoms with Gasteiger partial charge in [-0.3, -0.25) is 14.6 Å². The Labute approximate surface area is 140 Å². The molecule has 0 bridgehead atoms. The number of fused-ring (bicyclic) bond motifs is 1. The summed E-state index contributed by atoms with van der Waals surface area (Å²) in [6.45, 7) is 3.37. The number of carbonyl (C=O) groups excluding carboxylic acids is 2. The van der Waals surface area contributed by atoms with Gasteiger partial charge in [-0.25, -0.2) is 0 Å². The number of rotatable bonds is 1. The topological polar surface area (TPSA) is 71.0 Å². The Kier molecular flexibility index (Phi) is 3.55. The fourth-order valence-electron chi connectivity index (χ4n) is 3.86. The van der Waals surface area contributed by atoms with Gasteiger partial charge in [-0.15, -0.1) is 0 Å². The summed E-state index contributed by atoms with van der Waals surface area (Å²) in [5.74, 6) is 1.51. The molecule has 126 valence electrons. The number of hydrogen-bond donors (Lipinski definition) is 1. The molecule has 24 heavy (non-hydrogen) atoms. The third kappa shape index (κ3) is 2.46. The molecule has 1 fully saturated rings. The summed E-state index contributed by atoms with van der Waals surface area (Å²) in [4.78, 5) is 31.3. The van der Waals surface area contributed by atoms with Gasteiger partial charge in [0, 0.05) is 13.1 Å². The summed E-state index contributed by atoms with van der Waals surface area (Å²) < 4.78 is 5.74. The van der Waals surface area contributed by atoms with Crippen LogP contribution in [0.15, 0.2) is 29.3 Å². The molecule has 3 heterocycles. The van der Waals surface area contributed by atoms with Crippen molar-refractivity contribution in [1.82, 2.24) is 10.2 Å². The summed E-state index contributed by atoms with van der Waals surface area (Å²) in [6.07, 6.45) is 1.90. The summed E-state index contributed by atoms with van der Waals surface area (Å²) in [7, 11) is 0. The van der Waals surface area contributed by atoms with E-state index >= 15 is 0 Å². The van der Waals surface area contributed by atoms with Crippen molar-refractivity contribution in [1.29, 1.82) is 0 Å². The Morgan fingerprint density at radius 1 is 1.33 bits per heavy atom. The highest BCUT2D eigenvalue weighted by atomic mass is 16.5. The van der Waals surface area contributed by atoms with Crippen molar-refractivity contribution in [3.05, 3.63) is 29.8 Å². The third-order valence-electron chi connectivity index (χ3n) is 5.23. The minimum Gasteiger partial charge on any atom is -0.492 e.